The Labute approximate surface area is 549 Å². The van der Waals surface area contributed by atoms with Crippen molar-refractivity contribution in [1.29, 1.82) is 0 Å². The van der Waals surface area contributed by atoms with Crippen LogP contribution in [0, 0.1) is 17.5 Å². The number of ether oxygens (including phenoxy) is 6. The zero-order valence-electron chi connectivity index (χ0n) is 54.0. The maximum absolute atomic E-state index is 13.9. The van der Waals surface area contributed by atoms with Crippen LogP contribution in [-0.2, 0) is 30.5 Å². The number of rotatable bonds is 14. The number of nitrogens with one attached hydrogen (secondary N) is 1. The van der Waals surface area contributed by atoms with E-state index in [0.717, 1.165) is 164 Å². The first-order chi connectivity index (χ1) is 45.0. The quantitative estimate of drug-likeness (QED) is 0.0837. The molecule has 3 aliphatic carbocycles. The molecule has 10 nitrogen and oxygen atoms in total. The van der Waals surface area contributed by atoms with Crippen molar-refractivity contribution in [3.05, 3.63) is 192 Å². The summed E-state index contributed by atoms with van der Waals surface area (Å²) < 4.78 is 76.4. The van der Waals surface area contributed by atoms with Gasteiger partial charge < -0.3 is 28.4 Å². The van der Waals surface area contributed by atoms with Crippen LogP contribution >= 0.6 is 11.8 Å². The second-order valence-electron chi connectivity index (χ2n) is 28.3. The number of allylic oxidation sites excluding steroid dienone is 1. The van der Waals surface area contributed by atoms with Crippen molar-refractivity contribution >= 4 is 11.8 Å². The maximum Gasteiger partial charge on any atom is 0.124 e. The standard InChI is InChI=1S/2C26H32FNO2.C17H23NO.C9H9ClFNO/c2*27-21-8-9-23-22(18-21)20(10-16-29-23)6-5-11-25(24-7-1-4-15-28-24)14-17-30-26(19-25)12-2-3-13-26;1-2-8-16(15-7-3-6-12-18-15)11-13-19-17(14-16)9-4-5-10-17;10-12-8-3-4-13-9-2-1-6(11)5-7(8)9/h2*1,4,7-9,15,18,20H,2-3,5-6,10-14,16-17,19H2;2-3,6-7,12H,1,4-5,8-11,13-14H2;1-2,5,8,12H,3-4H2/t2*20?,25-;16-;/m111./s1. The summed E-state index contributed by atoms with van der Waals surface area (Å²) in [6.45, 7) is 8.58. The average Bonchev–Trinajstić information content (AvgIpc) is 1.48. The monoisotopic (exact) mass is 1280 g/mol. The molecule has 6 aliphatic heterocycles. The zero-order valence-corrected chi connectivity index (χ0v) is 54.7. The first-order valence-electron chi connectivity index (χ1n) is 34.9. The smallest absolute Gasteiger partial charge is 0.124 e. The number of fused-ring (bicyclic) bond motifs is 3. The van der Waals surface area contributed by atoms with Crippen LogP contribution in [0.25, 0.3) is 0 Å². The third-order valence-electron chi connectivity index (χ3n) is 22.5. The molecule has 9 aliphatic rings. The van der Waals surface area contributed by atoms with E-state index in [2.05, 4.69) is 58.9 Å². The van der Waals surface area contributed by atoms with Gasteiger partial charge in [0.05, 0.1) is 42.7 Å². The van der Waals surface area contributed by atoms with Gasteiger partial charge in [-0.2, -0.15) is 0 Å². The Kier molecular flexibility index (Phi) is 21.8. The first-order valence-corrected chi connectivity index (χ1v) is 35.2. The van der Waals surface area contributed by atoms with E-state index in [1.165, 1.54) is 118 Å². The van der Waals surface area contributed by atoms with Crippen molar-refractivity contribution in [2.24, 2.45) is 0 Å². The fourth-order valence-corrected chi connectivity index (χ4v) is 18.2. The molecular weight excluding hydrogens is 1180 g/mol. The molecule has 6 fully saturated rings. The molecule has 6 aromatic rings. The van der Waals surface area contributed by atoms with Gasteiger partial charge >= 0.3 is 0 Å². The van der Waals surface area contributed by atoms with Crippen molar-refractivity contribution < 1.29 is 41.6 Å². The molecule has 92 heavy (non-hydrogen) atoms. The average molecular weight is 1280 g/mol. The van der Waals surface area contributed by atoms with E-state index in [9.17, 15) is 13.2 Å². The molecule has 0 bridgehead atoms. The zero-order chi connectivity index (χ0) is 63.3. The molecule has 9 heterocycles. The van der Waals surface area contributed by atoms with E-state index in [1.807, 2.05) is 36.8 Å². The van der Waals surface area contributed by atoms with E-state index in [1.54, 1.807) is 30.3 Å². The highest BCUT2D eigenvalue weighted by atomic mass is 35.5. The van der Waals surface area contributed by atoms with Crippen LogP contribution < -0.4 is 19.0 Å². The summed E-state index contributed by atoms with van der Waals surface area (Å²) in [5.74, 6) is 2.61. The number of hydrogen-bond donors (Lipinski definition) is 1. The molecule has 14 heteroatoms. The van der Waals surface area contributed by atoms with Crippen molar-refractivity contribution in [3.63, 3.8) is 0 Å². The van der Waals surface area contributed by atoms with Gasteiger partial charge in [0.15, 0.2) is 0 Å². The molecule has 3 saturated carbocycles. The first kappa shape index (κ1) is 66.2. The molecule has 3 aromatic carbocycles. The van der Waals surface area contributed by atoms with Gasteiger partial charge in [-0.25, -0.2) is 18.0 Å². The van der Waals surface area contributed by atoms with Gasteiger partial charge in [0.1, 0.15) is 34.7 Å². The van der Waals surface area contributed by atoms with Crippen LogP contribution in [0.5, 0.6) is 17.2 Å². The minimum absolute atomic E-state index is 0.0129. The van der Waals surface area contributed by atoms with Crippen molar-refractivity contribution in [2.45, 2.75) is 231 Å². The summed E-state index contributed by atoms with van der Waals surface area (Å²) in [7, 11) is 0. The fraction of sp³-hybridized carbons (Fsp3) is 0.551. The molecule has 0 radical (unpaired) electrons. The molecule has 3 spiro atoms. The third-order valence-corrected chi connectivity index (χ3v) is 22.7. The number of hydrogen-bond acceptors (Lipinski definition) is 10. The van der Waals surface area contributed by atoms with Crippen LogP contribution in [0.3, 0.4) is 0 Å². The second-order valence-corrected chi connectivity index (χ2v) is 28.5. The predicted molar refractivity (Wildman–Crippen MR) is 356 cm³/mol. The molecular formula is C78H96ClF3N4O6. The fourth-order valence-electron chi connectivity index (χ4n) is 17.9. The lowest BCUT2D eigenvalue weighted by Gasteiger charge is -2.46. The van der Waals surface area contributed by atoms with Gasteiger partial charge in [-0.1, -0.05) is 75.6 Å². The van der Waals surface area contributed by atoms with Crippen molar-refractivity contribution in [2.75, 3.05) is 39.6 Å². The van der Waals surface area contributed by atoms with Gasteiger partial charge in [-0.15, -0.1) is 6.58 Å². The van der Waals surface area contributed by atoms with Crippen molar-refractivity contribution in [1.82, 2.24) is 19.8 Å². The van der Waals surface area contributed by atoms with E-state index in [0.29, 0.717) is 24.2 Å². The van der Waals surface area contributed by atoms with Crippen LogP contribution in [0.4, 0.5) is 13.2 Å². The Morgan fingerprint density at radius 1 is 0.457 bits per heavy atom. The minimum atomic E-state index is -0.263. The Hall–Kier alpha value is -5.83. The van der Waals surface area contributed by atoms with Crippen LogP contribution in [0.15, 0.2) is 140 Å². The van der Waals surface area contributed by atoms with Crippen molar-refractivity contribution in [3.8, 4) is 17.2 Å². The Morgan fingerprint density at radius 2 is 0.826 bits per heavy atom. The van der Waals surface area contributed by atoms with Gasteiger partial charge in [-0.05, 0) is 237 Å². The normalized spacial score (nSPS) is 27.0. The second kappa shape index (κ2) is 30.3. The summed E-state index contributed by atoms with van der Waals surface area (Å²) in [4.78, 5) is 16.9. The van der Waals surface area contributed by atoms with E-state index in [4.69, 9.17) is 50.2 Å². The van der Waals surface area contributed by atoms with Gasteiger partial charge in [0.2, 0.25) is 0 Å². The van der Waals surface area contributed by atoms with E-state index >= 15 is 0 Å². The number of pyridine rings is 3. The number of nitrogens with zero attached hydrogens (tertiary/aromatic N) is 3. The van der Waals surface area contributed by atoms with Crippen LogP contribution in [0.2, 0.25) is 0 Å². The van der Waals surface area contributed by atoms with Crippen LogP contribution in [0.1, 0.15) is 231 Å². The Bertz CT molecular complexity index is 3190. The molecule has 15 rings (SSSR count). The number of benzene rings is 3. The highest BCUT2D eigenvalue weighted by molar-refractivity contribution is 6.13. The highest BCUT2D eigenvalue weighted by Gasteiger charge is 2.51. The molecule has 0 amide bonds. The van der Waals surface area contributed by atoms with Gasteiger partial charge in [0.25, 0.3) is 0 Å². The molecule has 3 unspecified atom stereocenters. The summed E-state index contributed by atoms with van der Waals surface area (Å²) >= 11 is 5.53. The SMILES string of the molecule is C=CC[C@@]1(c2ccccn2)CCOC2(CCCC2)C1.Fc1ccc2c(c1)C(CCC[C@@]1(c3ccccn3)CCOC3(CCCC3)C1)CCO2.Fc1ccc2c(c1)C(CCC[C@@]1(c3ccccn3)CCOC3(CCCC3)C1)CCO2.Fc1ccc2c(c1)C(NCl)CCO2. The number of halogens is 4. The van der Waals surface area contributed by atoms with E-state index in [-0.39, 0.29) is 56.5 Å². The third kappa shape index (κ3) is 15.4. The maximum atomic E-state index is 13.9. The van der Waals surface area contributed by atoms with Gasteiger partial charge in [0, 0.05) is 94.8 Å². The molecule has 1 N–H and O–H groups in total. The largest absolute Gasteiger partial charge is 0.493 e. The predicted octanol–water partition coefficient (Wildman–Crippen LogP) is 19.0. The minimum Gasteiger partial charge on any atom is -0.493 e. The van der Waals surface area contributed by atoms with Crippen LogP contribution in [-0.4, -0.2) is 71.4 Å². The summed E-state index contributed by atoms with van der Waals surface area (Å²) in [5, 5.41) is 0. The highest BCUT2D eigenvalue weighted by Crippen LogP contribution is 2.54. The topological polar surface area (TPSA) is 106 Å². The Balaban J connectivity index is 0.000000124. The summed E-state index contributed by atoms with van der Waals surface area (Å²) in [5.41, 5.74) is 7.17. The Morgan fingerprint density at radius 3 is 1.22 bits per heavy atom. The number of aromatic nitrogens is 3. The molecule has 492 valence electrons. The summed E-state index contributed by atoms with van der Waals surface area (Å²) in [6, 6.07) is 33.4. The lowest BCUT2D eigenvalue weighted by molar-refractivity contribution is -0.105. The van der Waals surface area contributed by atoms with Gasteiger partial charge in [-0.3, -0.25) is 15.0 Å². The lowest BCUT2D eigenvalue weighted by Crippen LogP contribution is -2.46. The molecule has 3 saturated heterocycles. The molecule has 6 atom stereocenters. The van der Waals surface area contributed by atoms with E-state index < -0.39 is 0 Å². The lowest BCUT2D eigenvalue weighted by atomic mass is 9.67. The summed E-state index contributed by atoms with van der Waals surface area (Å²) in [6.07, 6.45) is 39.6. The molecule has 3 aromatic heterocycles.